The van der Waals surface area contributed by atoms with E-state index >= 15 is 0 Å². The summed E-state index contributed by atoms with van der Waals surface area (Å²) < 4.78 is 69.8. The molecule has 0 aromatic heterocycles. The van der Waals surface area contributed by atoms with Crippen LogP contribution in [0.15, 0.2) is 83.8 Å². The molecule has 44 heavy (non-hydrogen) atoms. The molecule has 1 fully saturated rings. The Kier molecular flexibility index (Phi) is 11.0. The smallest absolute Gasteiger partial charge is 0.352 e. The standard InChI is InChI=1S/C32H35ClF3N3O4S/c1-2-29(31(41)37-24-14-8-4-9-15-24)38(21-23-12-6-3-7-13-23)30(40)22-39(44(42,43)26-16-10-5-11-17-26)25-18-19-28(33)27(20-25)32(34,35)36/h3,5-7,10-13,16-20,24,29H,2,4,8-9,14-15,21-22H2,1H3,(H,37,41)/t29-/m1/s1. The van der Waals surface area contributed by atoms with E-state index in [4.69, 9.17) is 11.6 Å². The van der Waals surface area contributed by atoms with Crippen molar-refractivity contribution in [3.63, 3.8) is 0 Å². The number of sulfonamides is 1. The molecular weight excluding hydrogens is 615 g/mol. The summed E-state index contributed by atoms with van der Waals surface area (Å²) in [6, 6.07) is 17.8. The highest BCUT2D eigenvalue weighted by Gasteiger charge is 2.37. The molecule has 1 aliphatic carbocycles. The SMILES string of the molecule is CC[C@H](C(=O)NC1CCCCC1)N(Cc1ccccc1)C(=O)CN(c1ccc(Cl)c(C(F)(F)F)c1)S(=O)(=O)c1ccccc1. The van der Waals surface area contributed by atoms with E-state index in [1.54, 1.807) is 43.3 Å². The molecule has 2 amide bonds. The van der Waals surface area contributed by atoms with Crippen LogP contribution >= 0.6 is 11.6 Å². The number of nitrogens with one attached hydrogen (secondary N) is 1. The van der Waals surface area contributed by atoms with E-state index in [0.29, 0.717) is 15.9 Å². The van der Waals surface area contributed by atoms with E-state index < -0.39 is 51.0 Å². The molecule has 1 aliphatic rings. The Hall–Kier alpha value is -3.57. The van der Waals surface area contributed by atoms with Gasteiger partial charge in [0.2, 0.25) is 11.8 Å². The number of nitrogens with zero attached hydrogens (tertiary/aromatic N) is 2. The second-order valence-corrected chi connectivity index (χ2v) is 13.0. The van der Waals surface area contributed by atoms with E-state index in [1.165, 1.54) is 29.2 Å². The van der Waals surface area contributed by atoms with Gasteiger partial charge in [0.15, 0.2) is 0 Å². The summed E-state index contributed by atoms with van der Waals surface area (Å²) in [5.41, 5.74) is -0.928. The second-order valence-electron chi connectivity index (χ2n) is 10.8. The molecule has 0 bridgehead atoms. The lowest BCUT2D eigenvalue weighted by molar-refractivity contribution is -0.140. The number of alkyl halides is 3. The largest absolute Gasteiger partial charge is 0.417 e. The molecule has 236 valence electrons. The molecule has 0 unspecified atom stereocenters. The van der Waals surface area contributed by atoms with E-state index in [2.05, 4.69) is 5.32 Å². The van der Waals surface area contributed by atoms with Crippen LogP contribution in [0.1, 0.15) is 56.6 Å². The molecule has 4 rings (SSSR count). The molecule has 7 nitrogen and oxygen atoms in total. The Morgan fingerprint density at radius 1 is 0.955 bits per heavy atom. The topological polar surface area (TPSA) is 86.8 Å². The first-order valence-electron chi connectivity index (χ1n) is 14.5. The van der Waals surface area contributed by atoms with E-state index in [0.717, 1.165) is 44.2 Å². The molecule has 3 aromatic carbocycles. The number of halogens is 4. The highest BCUT2D eigenvalue weighted by molar-refractivity contribution is 7.92. The van der Waals surface area contributed by atoms with Crippen LogP contribution < -0.4 is 9.62 Å². The van der Waals surface area contributed by atoms with Crippen molar-refractivity contribution < 1.29 is 31.2 Å². The molecule has 12 heteroatoms. The average molecular weight is 650 g/mol. The van der Waals surface area contributed by atoms with Gasteiger partial charge in [-0.15, -0.1) is 0 Å². The third kappa shape index (κ3) is 8.12. The van der Waals surface area contributed by atoms with Gasteiger partial charge in [0.25, 0.3) is 10.0 Å². The number of anilines is 1. The highest BCUT2D eigenvalue weighted by Crippen LogP contribution is 2.38. The quantitative estimate of drug-likeness (QED) is 0.247. The Morgan fingerprint density at radius 3 is 2.16 bits per heavy atom. The van der Waals surface area contributed by atoms with Crippen molar-refractivity contribution in [1.82, 2.24) is 10.2 Å². The zero-order chi connectivity index (χ0) is 31.9. The molecule has 0 aliphatic heterocycles. The fourth-order valence-electron chi connectivity index (χ4n) is 5.38. The number of hydrogen-bond acceptors (Lipinski definition) is 4. The van der Waals surface area contributed by atoms with Crippen LogP contribution in [0.25, 0.3) is 0 Å². The summed E-state index contributed by atoms with van der Waals surface area (Å²) in [7, 11) is -4.53. The minimum absolute atomic E-state index is 0.0100. The second kappa shape index (κ2) is 14.5. The summed E-state index contributed by atoms with van der Waals surface area (Å²) in [6.07, 6.45) is 0.0922. The normalized spacial score (nSPS) is 14.9. The van der Waals surface area contributed by atoms with Crippen molar-refractivity contribution in [2.45, 2.75) is 75.1 Å². The molecule has 1 N–H and O–H groups in total. The molecule has 0 radical (unpaired) electrons. The van der Waals surface area contributed by atoms with E-state index in [9.17, 15) is 31.2 Å². The summed E-state index contributed by atoms with van der Waals surface area (Å²) in [6.45, 7) is 0.893. The zero-order valence-electron chi connectivity index (χ0n) is 24.3. The summed E-state index contributed by atoms with van der Waals surface area (Å²) >= 11 is 5.83. The molecular formula is C32H35ClF3N3O4S. The fourth-order valence-corrected chi connectivity index (χ4v) is 7.03. The summed E-state index contributed by atoms with van der Waals surface area (Å²) in [5.74, 6) is -1.10. The number of benzene rings is 3. The van der Waals surface area contributed by atoms with Crippen molar-refractivity contribution in [3.05, 3.63) is 95.0 Å². The minimum atomic E-state index is -4.87. The molecule has 0 saturated heterocycles. The highest BCUT2D eigenvalue weighted by atomic mass is 35.5. The third-order valence-corrected chi connectivity index (χ3v) is 9.80. The fraction of sp³-hybridized carbons (Fsp3) is 0.375. The van der Waals surface area contributed by atoms with Gasteiger partial charge in [-0.25, -0.2) is 8.42 Å². The van der Waals surface area contributed by atoms with Crippen molar-refractivity contribution in [3.8, 4) is 0 Å². The lowest BCUT2D eigenvalue weighted by Crippen LogP contribution is -2.54. The maximum atomic E-state index is 14.1. The molecule has 3 aromatic rings. The molecule has 0 heterocycles. The summed E-state index contributed by atoms with van der Waals surface area (Å²) in [4.78, 5) is 28.8. The van der Waals surface area contributed by atoms with Crippen LogP contribution in [-0.2, 0) is 32.3 Å². The number of carbonyl (C=O) groups excluding carboxylic acids is 2. The Labute approximate surface area is 261 Å². The Balaban J connectivity index is 1.75. The van der Waals surface area contributed by atoms with Crippen LogP contribution in [-0.4, -0.2) is 43.8 Å². The first kappa shape index (κ1) is 33.3. The lowest BCUT2D eigenvalue weighted by atomic mass is 9.95. The van der Waals surface area contributed by atoms with Gasteiger partial charge in [-0.1, -0.05) is 86.3 Å². The van der Waals surface area contributed by atoms with E-state index in [1.807, 2.05) is 0 Å². The van der Waals surface area contributed by atoms with E-state index in [-0.39, 0.29) is 29.8 Å². The van der Waals surface area contributed by atoms with Gasteiger partial charge in [0, 0.05) is 12.6 Å². The van der Waals surface area contributed by atoms with Crippen LogP contribution in [0.5, 0.6) is 0 Å². The van der Waals surface area contributed by atoms with Crippen LogP contribution in [0.2, 0.25) is 5.02 Å². The number of hydrogen-bond donors (Lipinski definition) is 1. The predicted octanol–water partition coefficient (Wildman–Crippen LogP) is 6.81. The predicted molar refractivity (Wildman–Crippen MR) is 164 cm³/mol. The van der Waals surface area contributed by atoms with Gasteiger partial charge in [-0.2, -0.15) is 13.2 Å². The van der Waals surface area contributed by atoms with Gasteiger partial charge in [0.05, 0.1) is 21.2 Å². The minimum Gasteiger partial charge on any atom is -0.352 e. The van der Waals surface area contributed by atoms with Gasteiger partial charge < -0.3 is 10.2 Å². The number of rotatable bonds is 11. The average Bonchev–Trinajstić information content (AvgIpc) is 3.01. The maximum absolute atomic E-state index is 14.1. The maximum Gasteiger partial charge on any atom is 0.417 e. The van der Waals surface area contributed by atoms with Crippen LogP contribution in [0, 0.1) is 0 Å². The van der Waals surface area contributed by atoms with Gasteiger partial charge in [-0.3, -0.25) is 13.9 Å². The van der Waals surface area contributed by atoms with Crippen molar-refractivity contribution in [1.29, 1.82) is 0 Å². The van der Waals surface area contributed by atoms with Gasteiger partial charge in [0.1, 0.15) is 12.6 Å². The van der Waals surface area contributed by atoms with Crippen LogP contribution in [0.4, 0.5) is 18.9 Å². The number of carbonyl (C=O) groups is 2. The van der Waals surface area contributed by atoms with Gasteiger partial charge >= 0.3 is 6.18 Å². The summed E-state index contributed by atoms with van der Waals surface area (Å²) in [5, 5.41) is 2.45. The third-order valence-electron chi connectivity index (χ3n) is 7.69. The van der Waals surface area contributed by atoms with Crippen molar-refractivity contribution in [2.75, 3.05) is 10.8 Å². The number of amides is 2. The van der Waals surface area contributed by atoms with Gasteiger partial charge in [-0.05, 0) is 55.2 Å². The molecule has 1 atom stereocenters. The van der Waals surface area contributed by atoms with Crippen molar-refractivity contribution in [2.24, 2.45) is 0 Å². The zero-order valence-corrected chi connectivity index (χ0v) is 25.8. The Bertz CT molecular complexity index is 1530. The van der Waals surface area contributed by atoms with Crippen LogP contribution in [0.3, 0.4) is 0 Å². The first-order chi connectivity index (χ1) is 20.9. The lowest BCUT2D eigenvalue weighted by Gasteiger charge is -2.34. The molecule has 1 saturated carbocycles. The van der Waals surface area contributed by atoms with Crippen molar-refractivity contribution >= 4 is 39.1 Å². The molecule has 0 spiro atoms. The first-order valence-corrected chi connectivity index (χ1v) is 16.3. The Morgan fingerprint density at radius 2 is 1.57 bits per heavy atom. The monoisotopic (exact) mass is 649 g/mol.